The second-order valence-corrected chi connectivity index (χ2v) is 16.1. The Kier molecular flexibility index (Phi) is 8.83. The number of ketones is 1. The number of hydrogen-bond donors (Lipinski definition) is 0. The molecule has 2 saturated carbocycles. The number of rotatable bonds is 5. The van der Waals surface area contributed by atoms with Gasteiger partial charge < -0.3 is 0 Å². The summed E-state index contributed by atoms with van der Waals surface area (Å²) in [6, 6.07) is 20.8. The molecule has 3 aliphatic rings. The quantitative estimate of drug-likeness (QED) is 0.282. The first kappa shape index (κ1) is 28.9. The van der Waals surface area contributed by atoms with Crippen LogP contribution >= 0.6 is 7.92 Å². The van der Waals surface area contributed by atoms with Crippen molar-refractivity contribution in [2.45, 2.75) is 116 Å². The third-order valence-electron chi connectivity index (χ3n) is 10.8. The van der Waals surface area contributed by atoms with E-state index in [1.165, 1.54) is 109 Å². The van der Waals surface area contributed by atoms with Crippen LogP contribution in [0.1, 0.15) is 99.3 Å². The average Bonchev–Trinajstić information content (AvgIpc) is 2.98. The van der Waals surface area contributed by atoms with Crippen molar-refractivity contribution in [3.63, 3.8) is 0 Å². The van der Waals surface area contributed by atoms with Gasteiger partial charge in [0.1, 0.15) is 5.78 Å². The highest BCUT2D eigenvalue weighted by Crippen LogP contribution is 2.62. The molecule has 2 unspecified atom stereocenters. The minimum atomic E-state index is -0.525. The van der Waals surface area contributed by atoms with Gasteiger partial charge in [-0.3, -0.25) is 4.79 Å². The molecule has 1 saturated heterocycles. The standard InChI is InChI=1S/C39H49OP/c1-26-14-11-15-27(2)37(26)33-22-13-23-34(38-28(3)16-12-17-29(38)4)39(33)41-35(30-18-7-5-8-19-30)24-32(40)25-36(41)31-20-9-6-10-21-31/h11-17,22-23,30-31,35-36H,5-10,18-21,24-25H2,1-4H3. The zero-order chi connectivity index (χ0) is 28.5. The van der Waals surface area contributed by atoms with Gasteiger partial charge in [0.25, 0.3) is 0 Å². The minimum Gasteiger partial charge on any atom is -0.300 e. The van der Waals surface area contributed by atoms with E-state index in [2.05, 4.69) is 82.3 Å². The molecule has 3 aromatic rings. The molecule has 1 heterocycles. The molecule has 6 rings (SSSR count). The lowest BCUT2D eigenvalue weighted by molar-refractivity contribution is -0.119. The number of hydrogen-bond acceptors (Lipinski definition) is 1. The van der Waals surface area contributed by atoms with Gasteiger partial charge in [0.2, 0.25) is 0 Å². The topological polar surface area (TPSA) is 17.1 Å². The first-order valence-corrected chi connectivity index (χ1v) is 18.0. The van der Waals surface area contributed by atoms with E-state index in [-0.39, 0.29) is 0 Å². The van der Waals surface area contributed by atoms with Crippen LogP contribution in [0.5, 0.6) is 0 Å². The molecule has 2 aliphatic carbocycles. The maximum Gasteiger partial charge on any atom is 0.134 e. The fourth-order valence-electron chi connectivity index (χ4n) is 8.85. The number of Topliss-reactive ketones (excluding diaryl/α,β-unsaturated/α-hetero) is 1. The molecule has 2 heteroatoms. The van der Waals surface area contributed by atoms with Crippen LogP contribution in [0.2, 0.25) is 0 Å². The molecule has 1 aliphatic heterocycles. The van der Waals surface area contributed by atoms with Crippen LogP contribution in [0.25, 0.3) is 22.3 Å². The van der Waals surface area contributed by atoms with E-state index < -0.39 is 7.92 Å². The average molecular weight is 565 g/mol. The van der Waals surface area contributed by atoms with E-state index >= 15 is 0 Å². The molecule has 41 heavy (non-hydrogen) atoms. The summed E-state index contributed by atoms with van der Waals surface area (Å²) in [4.78, 5) is 13.7. The van der Waals surface area contributed by atoms with Crippen LogP contribution in [0.15, 0.2) is 54.6 Å². The van der Waals surface area contributed by atoms with Crippen molar-refractivity contribution in [3.8, 4) is 22.3 Å². The first-order valence-electron chi connectivity index (χ1n) is 16.5. The van der Waals surface area contributed by atoms with E-state index in [1.807, 2.05) is 0 Å². The lowest BCUT2D eigenvalue weighted by atomic mass is 9.82. The lowest BCUT2D eigenvalue weighted by Crippen LogP contribution is -2.41. The van der Waals surface area contributed by atoms with Gasteiger partial charge >= 0.3 is 0 Å². The zero-order valence-corrected chi connectivity index (χ0v) is 26.7. The molecular formula is C39H49OP. The maximum atomic E-state index is 13.7. The number of benzene rings is 3. The summed E-state index contributed by atoms with van der Waals surface area (Å²) in [6.07, 6.45) is 15.0. The SMILES string of the molecule is Cc1cccc(C)c1-c1cccc(-c2c(C)cccc2C)c1P1C(C2CCCCC2)CC(=O)CC1C1CCCCC1. The van der Waals surface area contributed by atoms with Crippen LogP contribution in [-0.2, 0) is 4.79 Å². The molecule has 0 N–H and O–H groups in total. The molecule has 0 spiro atoms. The first-order chi connectivity index (χ1) is 19.9. The highest BCUT2D eigenvalue weighted by Gasteiger charge is 2.46. The predicted molar refractivity (Wildman–Crippen MR) is 178 cm³/mol. The van der Waals surface area contributed by atoms with Gasteiger partial charge in [-0.15, -0.1) is 0 Å². The van der Waals surface area contributed by atoms with E-state index in [4.69, 9.17) is 0 Å². The van der Waals surface area contributed by atoms with Crippen molar-refractivity contribution in [2.24, 2.45) is 11.8 Å². The summed E-state index contributed by atoms with van der Waals surface area (Å²) in [7, 11) is -0.525. The minimum absolute atomic E-state index is 0.520. The smallest absolute Gasteiger partial charge is 0.134 e. The monoisotopic (exact) mass is 564 g/mol. The van der Waals surface area contributed by atoms with E-state index in [0.29, 0.717) is 28.9 Å². The van der Waals surface area contributed by atoms with Crippen molar-refractivity contribution < 1.29 is 4.79 Å². The van der Waals surface area contributed by atoms with Crippen LogP contribution in [0.4, 0.5) is 0 Å². The molecule has 3 aromatic carbocycles. The number of carbonyl (C=O) groups is 1. The second kappa shape index (κ2) is 12.6. The second-order valence-electron chi connectivity index (χ2n) is 13.5. The molecule has 1 nitrogen and oxygen atoms in total. The Balaban J connectivity index is 1.65. The fourth-order valence-corrected chi connectivity index (χ4v) is 13.2. The van der Waals surface area contributed by atoms with E-state index in [9.17, 15) is 4.79 Å². The predicted octanol–water partition coefficient (Wildman–Crippen LogP) is 10.6. The Bertz CT molecular complexity index is 1250. The highest BCUT2D eigenvalue weighted by atomic mass is 31.1. The van der Waals surface area contributed by atoms with Gasteiger partial charge in [-0.25, -0.2) is 0 Å². The fraction of sp³-hybridized carbons (Fsp3) is 0.513. The van der Waals surface area contributed by atoms with Gasteiger partial charge in [-0.1, -0.05) is 101 Å². The molecule has 0 radical (unpaired) electrons. The van der Waals surface area contributed by atoms with Gasteiger partial charge in [0, 0.05) is 12.8 Å². The van der Waals surface area contributed by atoms with Crippen molar-refractivity contribution in [2.75, 3.05) is 0 Å². The summed E-state index contributed by atoms with van der Waals surface area (Å²) >= 11 is 0. The Morgan fingerprint density at radius 2 is 0.902 bits per heavy atom. The third-order valence-corrected chi connectivity index (χ3v) is 14.4. The third kappa shape index (κ3) is 5.73. The molecular weight excluding hydrogens is 515 g/mol. The Labute approximate surface area is 250 Å². The van der Waals surface area contributed by atoms with Crippen molar-refractivity contribution in [1.29, 1.82) is 0 Å². The summed E-state index contributed by atoms with van der Waals surface area (Å²) in [5.41, 5.74) is 12.3. The summed E-state index contributed by atoms with van der Waals surface area (Å²) in [5, 5.41) is 1.64. The largest absolute Gasteiger partial charge is 0.300 e. The molecule has 0 aromatic heterocycles. The van der Waals surface area contributed by atoms with Gasteiger partial charge in [0.05, 0.1) is 0 Å². The maximum absolute atomic E-state index is 13.7. The summed E-state index contributed by atoms with van der Waals surface area (Å²) < 4.78 is 0. The van der Waals surface area contributed by atoms with Crippen LogP contribution < -0.4 is 5.30 Å². The summed E-state index contributed by atoms with van der Waals surface area (Å²) in [6.45, 7) is 9.19. The lowest BCUT2D eigenvalue weighted by Gasteiger charge is -2.48. The molecule has 3 fully saturated rings. The summed E-state index contributed by atoms with van der Waals surface area (Å²) in [5.74, 6) is 1.96. The highest BCUT2D eigenvalue weighted by molar-refractivity contribution is 7.68. The van der Waals surface area contributed by atoms with Gasteiger partial charge in [-0.2, -0.15) is 0 Å². The Hall–Kier alpha value is -2.24. The number of carbonyl (C=O) groups excluding carboxylic acids is 1. The molecule has 0 amide bonds. The normalized spacial score (nSPS) is 24.5. The molecule has 2 atom stereocenters. The Morgan fingerprint density at radius 3 is 1.29 bits per heavy atom. The Morgan fingerprint density at radius 1 is 0.537 bits per heavy atom. The number of aryl methyl sites for hydroxylation is 4. The van der Waals surface area contributed by atoms with E-state index in [1.54, 1.807) is 5.30 Å². The van der Waals surface area contributed by atoms with Crippen molar-refractivity contribution >= 4 is 19.0 Å². The zero-order valence-electron chi connectivity index (χ0n) is 25.8. The molecule has 0 bridgehead atoms. The van der Waals surface area contributed by atoms with Gasteiger partial charge in [0.15, 0.2) is 0 Å². The molecule has 216 valence electrons. The van der Waals surface area contributed by atoms with Crippen LogP contribution in [-0.4, -0.2) is 17.1 Å². The van der Waals surface area contributed by atoms with Crippen LogP contribution in [0, 0.1) is 39.5 Å². The van der Waals surface area contributed by atoms with Gasteiger partial charge in [-0.05, 0) is 126 Å². The van der Waals surface area contributed by atoms with Crippen molar-refractivity contribution in [1.82, 2.24) is 0 Å². The van der Waals surface area contributed by atoms with E-state index in [0.717, 1.165) is 12.8 Å². The van der Waals surface area contributed by atoms with Crippen molar-refractivity contribution in [3.05, 3.63) is 76.9 Å². The van der Waals surface area contributed by atoms with Crippen LogP contribution in [0.3, 0.4) is 0 Å².